The Bertz CT molecular complexity index is 756. The predicted molar refractivity (Wildman–Crippen MR) is 79.6 cm³/mol. The van der Waals surface area contributed by atoms with Crippen molar-refractivity contribution < 1.29 is 4.52 Å². The SMILES string of the molecule is Nc1noc(-c2ccccn2)c1-c1ccc(Cl)c(Cl)c1. The number of nitrogens with two attached hydrogens (primary N) is 1. The molecule has 4 nitrogen and oxygen atoms in total. The van der Waals surface area contributed by atoms with Crippen LogP contribution in [-0.2, 0) is 0 Å². The summed E-state index contributed by atoms with van der Waals surface area (Å²) < 4.78 is 5.29. The number of benzene rings is 1. The lowest BCUT2D eigenvalue weighted by atomic mass is 10.0. The van der Waals surface area contributed by atoms with Crippen LogP contribution in [0.1, 0.15) is 0 Å². The average molecular weight is 306 g/mol. The summed E-state index contributed by atoms with van der Waals surface area (Å²) >= 11 is 12.0. The first kappa shape index (κ1) is 13.0. The molecule has 3 aromatic rings. The molecular formula is C14H9Cl2N3O. The van der Waals surface area contributed by atoms with E-state index in [0.717, 1.165) is 5.56 Å². The number of anilines is 1. The van der Waals surface area contributed by atoms with E-state index in [0.29, 0.717) is 27.1 Å². The Hall–Kier alpha value is -2.04. The van der Waals surface area contributed by atoms with E-state index in [9.17, 15) is 0 Å². The van der Waals surface area contributed by atoms with Crippen LogP contribution >= 0.6 is 23.2 Å². The third-order valence-corrected chi connectivity index (χ3v) is 3.56. The summed E-state index contributed by atoms with van der Waals surface area (Å²) in [6.45, 7) is 0. The van der Waals surface area contributed by atoms with Gasteiger partial charge in [0.15, 0.2) is 11.6 Å². The van der Waals surface area contributed by atoms with Crippen LogP contribution in [0.15, 0.2) is 47.1 Å². The minimum absolute atomic E-state index is 0.282. The van der Waals surface area contributed by atoms with E-state index in [1.165, 1.54) is 0 Å². The minimum atomic E-state index is 0.282. The number of hydrogen-bond acceptors (Lipinski definition) is 4. The van der Waals surface area contributed by atoms with Gasteiger partial charge >= 0.3 is 0 Å². The third-order valence-electron chi connectivity index (χ3n) is 2.82. The highest BCUT2D eigenvalue weighted by atomic mass is 35.5. The Morgan fingerprint density at radius 3 is 2.60 bits per heavy atom. The summed E-state index contributed by atoms with van der Waals surface area (Å²) in [4.78, 5) is 4.24. The molecule has 0 saturated carbocycles. The summed E-state index contributed by atoms with van der Waals surface area (Å²) in [5, 5.41) is 4.73. The summed E-state index contributed by atoms with van der Waals surface area (Å²) in [5.74, 6) is 0.783. The highest BCUT2D eigenvalue weighted by Gasteiger charge is 2.19. The van der Waals surface area contributed by atoms with Crippen molar-refractivity contribution in [3.8, 4) is 22.6 Å². The lowest BCUT2D eigenvalue weighted by Crippen LogP contribution is -1.90. The number of rotatable bonds is 2. The van der Waals surface area contributed by atoms with Gasteiger partial charge in [-0.3, -0.25) is 4.98 Å². The second kappa shape index (κ2) is 5.15. The Kier molecular flexibility index (Phi) is 3.34. The highest BCUT2D eigenvalue weighted by molar-refractivity contribution is 6.42. The molecule has 0 atom stereocenters. The van der Waals surface area contributed by atoms with E-state index in [1.54, 1.807) is 18.3 Å². The molecule has 0 aliphatic carbocycles. The number of nitrogens with zero attached hydrogens (tertiary/aromatic N) is 2. The molecule has 0 unspecified atom stereocenters. The summed E-state index contributed by atoms with van der Waals surface area (Å²) in [5.41, 5.74) is 7.97. The van der Waals surface area contributed by atoms with Crippen LogP contribution in [0.5, 0.6) is 0 Å². The van der Waals surface area contributed by atoms with Crippen molar-refractivity contribution in [1.29, 1.82) is 0 Å². The van der Waals surface area contributed by atoms with Crippen molar-refractivity contribution in [2.75, 3.05) is 5.73 Å². The molecule has 2 heterocycles. The van der Waals surface area contributed by atoms with Gasteiger partial charge in [0.2, 0.25) is 0 Å². The monoisotopic (exact) mass is 305 g/mol. The first-order chi connectivity index (χ1) is 9.66. The number of hydrogen-bond donors (Lipinski definition) is 1. The van der Waals surface area contributed by atoms with Crippen LogP contribution in [0.25, 0.3) is 22.6 Å². The van der Waals surface area contributed by atoms with E-state index >= 15 is 0 Å². The quantitative estimate of drug-likeness (QED) is 0.767. The lowest BCUT2D eigenvalue weighted by molar-refractivity contribution is 0.435. The van der Waals surface area contributed by atoms with Crippen LogP contribution in [0.4, 0.5) is 5.82 Å². The van der Waals surface area contributed by atoms with Crippen LogP contribution in [0.3, 0.4) is 0 Å². The zero-order chi connectivity index (χ0) is 14.1. The Morgan fingerprint density at radius 2 is 1.90 bits per heavy atom. The average Bonchev–Trinajstić information content (AvgIpc) is 2.85. The van der Waals surface area contributed by atoms with Gasteiger partial charge in [0.1, 0.15) is 5.69 Å². The molecule has 0 radical (unpaired) electrons. The maximum atomic E-state index is 6.04. The van der Waals surface area contributed by atoms with Gasteiger partial charge in [0.25, 0.3) is 0 Å². The van der Waals surface area contributed by atoms with Crippen LogP contribution < -0.4 is 5.73 Å². The van der Waals surface area contributed by atoms with Crippen LogP contribution in [0.2, 0.25) is 10.0 Å². The van der Waals surface area contributed by atoms with Gasteiger partial charge in [-0.15, -0.1) is 0 Å². The summed E-state index contributed by atoms with van der Waals surface area (Å²) in [6.07, 6.45) is 1.67. The molecule has 1 aromatic carbocycles. The predicted octanol–water partition coefficient (Wildman–Crippen LogP) is 4.29. The fourth-order valence-electron chi connectivity index (χ4n) is 1.90. The fourth-order valence-corrected chi connectivity index (χ4v) is 2.20. The number of halogens is 2. The third kappa shape index (κ3) is 2.24. The molecule has 0 fully saturated rings. The number of nitrogen functional groups attached to an aromatic ring is 1. The molecular weight excluding hydrogens is 297 g/mol. The largest absolute Gasteiger partial charge is 0.380 e. The van der Waals surface area contributed by atoms with Crippen molar-refractivity contribution in [2.45, 2.75) is 0 Å². The van der Waals surface area contributed by atoms with Gasteiger partial charge in [-0.25, -0.2) is 0 Å². The molecule has 0 aliphatic rings. The first-order valence-electron chi connectivity index (χ1n) is 5.79. The molecule has 0 amide bonds. The summed E-state index contributed by atoms with van der Waals surface area (Å²) in [7, 11) is 0. The van der Waals surface area contributed by atoms with Crippen LogP contribution in [0, 0.1) is 0 Å². The van der Waals surface area contributed by atoms with Crippen molar-refractivity contribution in [2.24, 2.45) is 0 Å². The molecule has 20 heavy (non-hydrogen) atoms. The normalized spacial score (nSPS) is 10.7. The van der Waals surface area contributed by atoms with Crippen molar-refractivity contribution in [3.05, 3.63) is 52.6 Å². The van der Waals surface area contributed by atoms with Crippen molar-refractivity contribution in [1.82, 2.24) is 10.1 Å². The Morgan fingerprint density at radius 1 is 1.05 bits per heavy atom. The van der Waals surface area contributed by atoms with E-state index in [4.69, 9.17) is 33.5 Å². The molecule has 0 saturated heterocycles. The standard InChI is InChI=1S/C14H9Cl2N3O/c15-9-5-4-8(7-10(9)16)12-13(20-19-14(12)17)11-3-1-2-6-18-11/h1-7H,(H2,17,19). The van der Waals surface area contributed by atoms with E-state index < -0.39 is 0 Å². The molecule has 100 valence electrons. The molecule has 0 spiro atoms. The maximum absolute atomic E-state index is 6.04. The number of aromatic nitrogens is 2. The fraction of sp³-hybridized carbons (Fsp3) is 0. The van der Waals surface area contributed by atoms with Gasteiger partial charge in [0.05, 0.1) is 15.6 Å². The maximum Gasteiger partial charge on any atom is 0.195 e. The van der Waals surface area contributed by atoms with Gasteiger partial charge in [0, 0.05) is 6.20 Å². The van der Waals surface area contributed by atoms with Gasteiger partial charge in [-0.05, 0) is 29.8 Å². The van der Waals surface area contributed by atoms with Gasteiger partial charge in [-0.1, -0.05) is 40.5 Å². The minimum Gasteiger partial charge on any atom is -0.380 e. The Balaban J connectivity index is 2.19. The van der Waals surface area contributed by atoms with Gasteiger partial charge in [-0.2, -0.15) is 0 Å². The second-order valence-electron chi connectivity index (χ2n) is 4.12. The molecule has 3 rings (SSSR count). The topological polar surface area (TPSA) is 64.9 Å². The van der Waals surface area contributed by atoms with Gasteiger partial charge < -0.3 is 10.3 Å². The van der Waals surface area contributed by atoms with E-state index in [2.05, 4.69) is 10.1 Å². The lowest BCUT2D eigenvalue weighted by Gasteiger charge is -2.04. The second-order valence-corrected chi connectivity index (χ2v) is 4.93. The highest BCUT2D eigenvalue weighted by Crippen LogP contribution is 2.37. The van der Waals surface area contributed by atoms with Crippen molar-refractivity contribution in [3.63, 3.8) is 0 Å². The van der Waals surface area contributed by atoms with E-state index in [1.807, 2.05) is 24.3 Å². The molecule has 6 heteroatoms. The zero-order valence-electron chi connectivity index (χ0n) is 10.2. The van der Waals surface area contributed by atoms with Crippen LogP contribution in [-0.4, -0.2) is 10.1 Å². The number of pyridine rings is 1. The van der Waals surface area contributed by atoms with Crippen molar-refractivity contribution >= 4 is 29.0 Å². The first-order valence-corrected chi connectivity index (χ1v) is 6.54. The Labute approximate surface area is 125 Å². The molecule has 0 aliphatic heterocycles. The summed E-state index contributed by atoms with van der Waals surface area (Å²) in [6, 6.07) is 10.7. The smallest absolute Gasteiger partial charge is 0.195 e. The van der Waals surface area contributed by atoms with E-state index in [-0.39, 0.29) is 5.82 Å². The molecule has 2 aromatic heterocycles. The molecule has 2 N–H and O–H groups in total. The molecule has 0 bridgehead atoms. The zero-order valence-corrected chi connectivity index (χ0v) is 11.7.